The number of hydrogen-bond donors (Lipinski definition) is 2. The van der Waals surface area contributed by atoms with Crippen LogP contribution in [0.4, 0.5) is 0 Å². The number of amides is 1. The van der Waals surface area contributed by atoms with E-state index in [9.17, 15) is 19.0 Å². The summed E-state index contributed by atoms with van der Waals surface area (Å²) in [5.74, 6) is -0.497. The summed E-state index contributed by atoms with van der Waals surface area (Å²) in [5.41, 5.74) is 0. The number of allylic oxidation sites excluding steroid dienone is 9. The fourth-order valence-corrected chi connectivity index (χ4v) is 11.2. The highest BCUT2D eigenvalue weighted by molar-refractivity contribution is 7.47. The van der Waals surface area contributed by atoms with Gasteiger partial charge in [-0.2, -0.15) is 0 Å². The number of quaternary nitrogens is 1. The summed E-state index contributed by atoms with van der Waals surface area (Å²) in [6.07, 6.45) is 80.8. The van der Waals surface area contributed by atoms with E-state index >= 15 is 0 Å². The van der Waals surface area contributed by atoms with Crippen LogP contribution in [0.25, 0.3) is 0 Å². The van der Waals surface area contributed by atoms with Gasteiger partial charge in [-0.3, -0.25) is 18.6 Å². The van der Waals surface area contributed by atoms with Gasteiger partial charge in [-0.25, -0.2) is 4.57 Å². The van der Waals surface area contributed by atoms with Gasteiger partial charge in [0.15, 0.2) is 0 Å². The van der Waals surface area contributed by atoms with Crippen molar-refractivity contribution in [3.63, 3.8) is 0 Å². The van der Waals surface area contributed by atoms with Crippen molar-refractivity contribution in [3.05, 3.63) is 60.8 Å². The maximum atomic E-state index is 13.6. The van der Waals surface area contributed by atoms with Crippen molar-refractivity contribution in [2.24, 2.45) is 0 Å². The molecule has 0 spiro atoms. The Kier molecular flexibility index (Phi) is 61.0. The third kappa shape index (κ3) is 64.0. The molecule has 0 aromatic rings. The number of phosphoric acid groups is 1. The first kappa shape index (κ1) is 80.7. The molecule has 486 valence electrons. The van der Waals surface area contributed by atoms with Gasteiger partial charge in [0.05, 0.1) is 33.8 Å². The molecule has 0 aliphatic rings. The Morgan fingerprint density at radius 1 is 0.422 bits per heavy atom. The van der Waals surface area contributed by atoms with E-state index in [1.165, 1.54) is 218 Å². The van der Waals surface area contributed by atoms with E-state index in [1.807, 2.05) is 33.3 Å². The number of carbonyl (C=O) groups excluding carboxylic acids is 2. The van der Waals surface area contributed by atoms with Crippen molar-refractivity contribution in [3.8, 4) is 0 Å². The third-order valence-electron chi connectivity index (χ3n) is 16.0. The van der Waals surface area contributed by atoms with Crippen LogP contribution in [0.3, 0.4) is 0 Å². The Morgan fingerprint density at radius 3 is 1.12 bits per heavy atom. The van der Waals surface area contributed by atoms with Gasteiger partial charge < -0.3 is 19.4 Å². The SMILES string of the molecule is CCCCC/C=C\C/C=C\C/C=C\C/C=C\CCCCCCCCCCCC(=O)NC(COP(=O)(O)OCC[N+](C)(C)C)C(/C=C\CCCCCCCCCCCCC)OC(=O)CCCCCCCCCCCCCCCCCCCCC. The lowest BCUT2D eigenvalue weighted by Gasteiger charge is -2.27. The van der Waals surface area contributed by atoms with Gasteiger partial charge >= 0.3 is 13.8 Å². The molecule has 0 aromatic carbocycles. The van der Waals surface area contributed by atoms with Crippen molar-refractivity contribution in [1.29, 1.82) is 0 Å². The average Bonchev–Trinajstić information content (AvgIpc) is 3.46. The highest BCUT2D eigenvalue weighted by atomic mass is 31.2. The number of ether oxygens (including phenoxy) is 1. The first-order chi connectivity index (χ1) is 40.4. The molecule has 3 atom stereocenters. The maximum absolute atomic E-state index is 13.6. The predicted octanol–water partition coefficient (Wildman–Crippen LogP) is 22.6. The fraction of sp³-hybridized carbons (Fsp3) is 0.836. The lowest BCUT2D eigenvalue weighted by Crippen LogP contribution is -2.47. The number of hydrogen-bond acceptors (Lipinski definition) is 6. The molecule has 9 nitrogen and oxygen atoms in total. The van der Waals surface area contributed by atoms with Gasteiger partial charge in [-0.05, 0) is 76.7 Å². The quantitative estimate of drug-likeness (QED) is 0.0205. The highest BCUT2D eigenvalue weighted by Crippen LogP contribution is 2.43. The number of unbranched alkanes of at least 4 members (excludes halogenated alkanes) is 41. The van der Waals surface area contributed by atoms with Crippen molar-refractivity contribution < 1.29 is 37.3 Å². The maximum Gasteiger partial charge on any atom is 0.472 e. The van der Waals surface area contributed by atoms with Crippen LogP contribution in [0.1, 0.15) is 342 Å². The van der Waals surface area contributed by atoms with Crippen molar-refractivity contribution in [2.75, 3.05) is 40.9 Å². The van der Waals surface area contributed by atoms with Gasteiger partial charge in [-0.15, -0.1) is 0 Å². The minimum atomic E-state index is -4.46. The summed E-state index contributed by atoms with van der Waals surface area (Å²) in [7, 11) is 1.50. The first-order valence-electron chi connectivity index (χ1n) is 35.6. The van der Waals surface area contributed by atoms with Gasteiger partial charge in [-0.1, -0.05) is 313 Å². The van der Waals surface area contributed by atoms with E-state index < -0.39 is 20.0 Å². The zero-order valence-corrected chi connectivity index (χ0v) is 56.6. The molecule has 3 unspecified atom stereocenters. The lowest BCUT2D eigenvalue weighted by atomic mass is 10.0. The van der Waals surface area contributed by atoms with E-state index in [2.05, 4.69) is 74.7 Å². The van der Waals surface area contributed by atoms with Crippen LogP contribution < -0.4 is 5.32 Å². The molecule has 0 heterocycles. The van der Waals surface area contributed by atoms with Crippen molar-refractivity contribution in [1.82, 2.24) is 5.32 Å². The topological polar surface area (TPSA) is 111 Å². The normalized spacial score (nSPS) is 13.9. The molecule has 10 heteroatoms. The molecule has 0 rings (SSSR count). The van der Waals surface area contributed by atoms with E-state index in [-0.39, 0.29) is 25.1 Å². The second-order valence-electron chi connectivity index (χ2n) is 25.4. The number of nitrogens with zero attached hydrogens (tertiary/aromatic N) is 1. The Morgan fingerprint density at radius 2 is 0.735 bits per heavy atom. The van der Waals surface area contributed by atoms with Crippen LogP contribution in [0.5, 0.6) is 0 Å². The molecule has 0 bridgehead atoms. The molecule has 0 fully saturated rings. The minimum absolute atomic E-state index is 0.0395. The van der Waals surface area contributed by atoms with E-state index in [4.69, 9.17) is 13.8 Å². The van der Waals surface area contributed by atoms with E-state index in [0.29, 0.717) is 23.9 Å². The second kappa shape index (κ2) is 62.8. The summed E-state index contributed by atoms with van der Waals surface area (Å²) >= 11 is 0. The summed E-state index contributed by atoms with van der Waals surface area (Å²) in [6, 6.07) is -0.852. The number of nitrogens with one attached hydrogen (secondary N) is 1. The van der Waals surface area contributed by atoms with Gasteiger partial charge in [0, 0.05) is 12.8 Å². The molecule has 83 heavy (non-hydrogen) atoms. The zero-order valence-electron chi connectivity index (χ0n) is 55.7. The van der Waals surface area contributed by atoms with Crippen LogP contribution in [-0.4, -0.2) is 74.3 Å². The standard InChI is InChI=1S/C73H137N2O7P/c1-7-10-13-16-19-22-25-28-30-32-34-35-36-37-38-39-41-42-44-47-50-53-56-59-62-65-72(76)74-70(69-81-83(78,79)80-68-67-75(4,5)6)71(64-61-58-55-52-49-46-27-24-21-18-15-12-9-3)82-73(77)66-63-60-57-54-51-48-45-43-40-33-31-29-26-23-20-17-14-11-8-2/h19,22,28,30,34-35,37-38,61,64,70-71H,7-18,20-21,23-27,29,31-33,36,39-60,62-63,65-69H2,1-6H3,(H-,74,76,78,79)/p+1/b22-19-,30-28-,35-34-,38-37-,64-61-. The second-order valence-corrected chi connectivity index (χ2v) is 26.9. The Bertz CT molecular complexity index is 1600. The monoisotopic (exact) mass is 1190 g/mol. The summed E-state index contributed by atoms with van der Waals surface area (Å²) in [6.45, 7) is 7.03. The van der Waals surface area contributed by atoms with Crippen LogP contribution >= 0.6 is 7.82 Å². The molecule has 1 amide bonds. The zero-order chi connectivity index (χ0) is 60.7. The molecule has 0 saturated carbocycles. The highest BCUT2D eigenvalue weighted by Gasteiger charge is 2.30. The van der Waals surface area contributed by atoms with Gasteiger partial charge in [0.25, 0.3) is 0 Å². The number of esters is 1. The van der Waals surface area contributed by atoms with Crippen LogP contribution in [-0.2, 0) is 27.9 Å². The molecular formula is C73H138N2O7P+. The molecule has 0 aliphatic heterocycles. The smallest absolute Gasteiger partial charge is 0.456 e. The summed E-state index contributed by atoms with van der Waals surface area (Å²) in [5, 5.41) is 3.07. The molecular weight excluding hydrogens is 1050 g/mol. The van der Waals surface area contributed by atoms with Crippen LogP contribution in [0.2, 0.25) is 0 Å². The average molecular weight is 1190 g/mol. The van der Waals surface area contributed by atoms with Crippen molar-refractivity contribution >= 4 is 19.7 Å². The molecule has 0 aromatic heterocycles. The molecule has 0 saturated heterocycles. The summed E-state index contributed by atoms with van der Waals surface area (Å²) in [4.78, 5) is 37.9. The number of carbonyl (C=O) groups is 2. The van der Waals surface area contributed by atoms with E-state index in [0.717, 1.165) is 89.9 Å². The van der Waals surface area contributed by atoms with Crippen LogP contribution in [0, 0.1) is 0 Å². The largest absolute Gasteiger partial charge is 0.472 e. The Hall–Kier alpha value is -2.29. The Labute approximate surface area is 515 Å². The Balaban J connectivity index is 5.11. The van der Waals surface area contributed by atoms with Gasteiger partial charge in [0.1, 0.15) is 19.3 Å². The lowest BCUT2D eigenvalue weighted by molar-refractivity contribution is -0.870. The van der Waals surface area contributed by atoms with Gasteiger partial charge in [0.2, 0.25) is 5.91 Å². The number of rotatable bonds is 65. The molecule has 2 N–H and O–H groups in total. The van der Waals surface area contributed by atoms with Crippen LogP contribution in [0.15, 0.2) is 60.8 Å². The number of likely N-dealkylation sites (N-methyl/N-ethyl adjacent to an activating group) is 1. The molecule has 0 aliphatic carbocycles. The fourth-order valence-electron chi connectivity index (χ4n) is 10.5. The number of phosphoric ester groups is 1. The third-order valence-corrected chi connectivity index (χ3v) is 16.9. The minimum Gasteiger partial charge on any atom is -0.456 e. The predicted molar refractivity (Wildman–Crippen MR) is 360 cm³/mol. The summed E-state index contributed by atoms with van der Waals surface area (Å²) < 4.78 is 30.8. The first-order valence-corrected chi connectivity index (χ1v) is 37.1. The van der Waals surface area contributed by atoms with E-state index in [1.54, 1.807) is 0 Å². The van der Waals surface area contributed by atoms with Crippen molar-refractivity contribution in [2.45, 2.75) is 354 Å². The molecule has 0 radical (unpaired) electrons.